The quantitative estimate of drug-likeness (QED) is 0.0880. The lowest BCUT2D eigenvalue weighted by molar-refractivity contribution is -0.142. The van der Waals surface area contributed by atoms with E-state index >= 15 is 0 Å². The molecular formula is C57H111N3O10. The van der Waals surface area contributed by atoms with Gasteiger partial charge in [0.1, 0.15) is 11.5 Å². The molecule has 2 aromatic rings. The minimum absolute atomic E-state index is 0.00324. The second-order valence-corrected chi connectivity index (χ2v) is 18.2. The summed E-state index contributed by atoms with van der Waals surface area (Å²) in [5.41, 5.74) is 9.09. The molecule has 4 N–H and O–H groups in total. The molecule has 0 aliphatic rings. The number of hydrogen-bond acceptors (Lipinski definition) is 11. The molecule has 13 nitrogen and oxygen atoms in total. The van der Waals surface area contributed by atoms with Crippen LogP contribution in [0.2, 0.25) is 0 Å². The summed E-state index contributed by atoms with van der Waals surface area (Å²) in [5.74, 6) is 3.07. The molecule has 2 aromatic carbocycles. The molecule has 13 heteroatoms. The Kier molecular flexibility index (Phi) is 58.1. The van der Waals surface area contributed by atoms with Gasteiger partial charge in [-0.15, -0.1) is 0 Å². The van der Waals surface area contributed by atoms with Gasteiger partial charge in [-0.05, 0) is 113 Å². The van der Waals surface area contributed by atoms with Crippen molar-refractivity contribution in [1.82, 2.24) is 10.6 Å². The van der Waals surface area contributed by atoms with Crippen molar-refractivity contribution in [2.75, 3.05) is 34.5 Å². The Morgan fingerprint density at radius 1 is 0.671 bits per heavy atom. The molecule has 0 aliphatic heterocycles. The normalized spacial score (nSPS) is 10.7. The number of esters is 2. The molecule has 2 unspecified atom stereocenters. The average molecular weight is 999 g/mol. The van der Waals surface area contributed by atoms with Gasteiger partial charge in [0.2, 0.25) is 0 Å². The fourth-order valence-electron chi connectivity index (χ4n) is 5.61. The van der Waals surface area contributed by atoms with E-state index in [1.54, 1.807) is 7.11 Å². The molecule has 0 heterocycles. The van der Waals surface area contributed by atoms with E-state index in [4.69, 9.17) is 19.9 Å². The summed E-state index contributed by atoms with van der Waals surface area (Å²) < 4.78 is 29.2. The third kappa shape index (κ3) is 53.0. The van der Waals surface area contributed by atoms with Gasteiger partial charge in [0.05, 0.1) is 39.1 Å². The number of carbonyl (C=O) groups is 4. The van der Waals surface area contributed by atoms with Crippen LogP contribution in [0.4, 0.5) is 9.59 Å². The molecule has 0 spiro atoms. The van der Waals surface area contributed by atoms with Crippen molar-refractivity contribution in [3.63, 3.8) is 0 Å². The van der Waals surface area contributed by atoms with Gasteiger partial charge in [-0.1, -0.05) is 142 Å². The first-order chi connectivity index (χ1) is 32.5. The first-order valence-corrected chi connectivity index (χ1v) is 25.6. The van der Waals surface area contributed by atoms with Crippen LogP contribution in [0.15, 0.2) is 42.5 Å². The SMILES string of the molecule is CC.CC.CC.CC(=O)OCC(C)C.CC(=O)Oc1cc(C)cc(C)c1C(C)(C)CC(C)C.CC(C)Oc1ccccc1.CCC(N)C(C)C.COC(=O)NCC(NC(=O)OC)C(C)C.COC(C)C. The van der Waals surface area contributed by atoms with Gasteiger partial charge < -0.3 is 44.8 Å². The highest BCUT2D eigenvalue weighted by molar-refractivity contribution is 5.70. The Labute approximate surface area is 431 Å². The van der Waals surface area contributed by atoms with Crippen LogP contribution in [-0.2, 0) is 34.0 Å². The highest BCUT2D eigenvalue weighted by atomic mass is 16.5. The van der Waals surface area contributed by atoms with Gasteiger partial charge in [-0.3, -0.25) is 9.59 Å². The standard InChI is InChI=1S/C17H26O2.C9H18N2O4.C9H12O.C6H15N.C6H12O2.C4H10O.3C2H6/c1-11(2)10-17(6,7)16-13(4)8-12(3)9-15(16)19-14(5)18;1-6(2)7(11-9(13)15-4)5-10-8(12)14-3;1-8(2)10-9-6-4-3-5-7-9;1-4-6(7)5(2)3;1-5(2)4-8-6(3)7;1-4(2)5-3;3*1-2/h8-9,11H,10H2,1-7H3;6-7H,5H2,1-4H3,(H,10,12)(H,11,13);3-8H,1-2H3;5-6H,4,7H2,1-3H3;5H,4H2,1-3H3;4H,1-3H3;3*1-2H3. The van der Waals surface area contributed by atoms with E-state index in [-0.39, 0.29) is 35.4 Å². The number of rotatable bonds is 15. The minimum Gasteiger partial charge on any atom is -0.491 e. The number of methoxy groups -OCH3 is 3. The number of para-hydroxylation sites is 1. The summed E-state index contributed by atoms with van der Waals surface area (Å²) in [4.78, 5) is 43.2. The Hall–Kier alpha value is -4.36. The molecule has 0 aliphatic carbocycles. The summed E-state index contributed by atoms with van der Waals surface area (Å²) in [7, 11) is 4.28. The predicted octanol–water partition coefficient (Wildman–Crippen LogP) is 14.5. The number of hydrogen-bond donors (Lipinski definition) is 3. The fraction of sp³-hybridized carbons (Fsp3) is 0.719. The van der Waals surface area contributed by atoms with E-state index < -0.39 is 12.2 Å². The zero-order valence-electron chi connectivity index (χ0n) is 50.1. The topological polar surface area (TPSA) is 174 Å². The second kappa shape index (κ2) is 51.0. The average Bonchev–Trinajstić information content (AvgIpc) is 3.28. The molecule has 0 radical (unpaired) electrons. The molecule has 414 valence electrons. The molecule has 0 aromatic heterocycles. The lowest BCUT2D eigenvalue weighted by Crippen LogP contribution is -2.46. The Morgan fingerprint density at radius 2 is 1.14 bits per heavy atom. The lowest BCUT2D eigenvalue weighted by Gasteiger charge is -2.31. The van der Waals surface area contributed by atoms with E-state index in [9.17, 15) is 19.2 Å². The molecule has 70 heavy (non-hydrogen) atoms. The first kappa shape index (κ1) is 79.8. The number of nitrogens with two attached hydrogens (primary N) is 1. The maximum atomic E-state index is 11.3. The number of alkyl carbamates (subject to hydrolysis) is 2. The van der Waals surface area contributed by atoms with Gasteiger partial charge in [-0.25, -0.2) is 9.59 Å². The highest BCUT2D eigenvalue weighted by Crippen LogP contribution is 2.39. The molecule has 0 fully saturated rings. The Balaban J connectivity index is -0.000000140. The lowest BCUT2D eigenvalue weighted by atomic mass is 9.75. The second-order valence-electron chi connectivity index (χ2n) is 18.2. The van der Waals surface area contributed by atoms with Crippen LogP contribution < -0.4 is 25.8 Å². The number of ether oxygens (including phenoxy) is 6. The van der Waals surface area contributed by atoms with E-state index in [0.717, 1.165) is 35.5 Å². The largest absolute Gasteiger partial charge is 0.491 e. The number of carbonyl (C=O) groups excluding carboxylic acids is 4. The van der Waals surface area contributed by atoms with Crippen LogP contribution >= 0.6 is 0 Å². The molecule has 2 rings (SSSR count). The van der Waals surface area contributed by atoms with Crippen LogP contribution in [0, 0.1) is 37.5 Å². The summed E-state index contributed by atoms with van der Waals surface area (Å²) in [6.45, 7) is 51.0. The minimum atomic E-state index is -0.521. The molecule has 0 saturated carbocycles. The van der Waals surface area contributed by atoms with Gasteiger partial charge in [0.25, 0.3) is 0 Å². The van der Waals surface area contributed by atoms with Crippen molar-refractivity contribution in [2.45, 2.75) is 216 Å². The van der Waals surface area contributed by atoms with Crippen molar-refractivity contribution in [3.8, 4) is 11.5 Å². The van der Waals surface area contributed by atoms with Gasteiger partial charge in [0.15, 0.2) is 0 Å². The first-order valence-electron chi connectivity index (χ1n) is 25.6. The van der Waals surface area contributed by atoms with Crippen molar-refractivity contribution in [2.24, 2.45) is 29.4 Å². The predicted molar refractivity (Wildman–Crippen MR) is 297 cm³/mol. The van der Waals surface area contributed by atoms with E-state index in [1.807, 2.05) is 140 Å². The molecule has 0 bridgehead atoms. The zero-order chi connectivity index (χ0) is 56.7. The van der Waals surface area contributed by atoms with Crippen LogP contribution in [0.3, 0.4) is 0 Å². The molecule has 2 atom stereocenters. The number of aryl methyl sites for hydroxylation is 2. The Bertz CT molecular complexity index is 1510. The van der Waals surface area contributed by atoms with Crippen molar-refractivity contribution in [1.29, 1.82) is 0 Å². The number of benzene rings is 2. The van der Waals surface area contributed by atoms with Gasteiger partial charge in [0, 0.05) is 39.1 Å². The van der Waals surface area contributed by atoms with E-state index in [2.05, 4.69) is 86.3 Å². The molecule has 0 saturated heterocycles. The number of nitrogens with one attached hydrogen (secondary N) is 2. The summed E-state index contributed by atoms with van der Waals surface area (Å²) in [5, 5.41) is 5.13. The van der Waals surface area contributed by atoms with Crippen LogP contribution in [0.25, 0.3) is 0 Å². The van der Waals surface area contributed by atoms with Crippen molar-refractivity contribution >= 4 is 24.1 Å². The van der Waals surface area contributed by atoms with Crippen molar-refractivity contribution < 1.29 is 47.6 Å². The van der Waals surface area contributed by atoms with Crippen LogP contribution in [0.1, 0.15) is 189 Å². The Morgan fingerprint density at radius 3 is 1.44 bits per heavy atom. The molecular weight excluding hydrogens is 887 g/mol. The maximum Gasteiger partial charge on any atom is 0.407 e. The third-order valence-corrected chi connectivity index (χ3v) is 8.77. The van der Waals surface area contributed by atoms with E-state index in [1.165, 1.54) is 33.6 Å². The van der Waals surface area contributed by atoms with Gasteiger partial charge >= 0.3 is 24.1 Å². The fourth-order valence-corrected chi connectivity index (χ4v) is 5.61. The van der Waals surface area contributed by atoms with Crippen LogP contribution in [-0.4, -0.2) is 82.9 Å². The van der Waals surface area contributed by atoms with Crippen molar-refractivity contribution in [3.05, 3.63) is 59.2 Å². The van der Waals surface area contributed by atoms with E-state index in [0.29, 0.717) is 43.1 Å². The monoisotopic (exact) mass is 998 g/mol. The zero-order valence-corrected chi connectivity index (χ0v) is 50.1. The van der Waals surface area contributed by atoms with Crippen LogP contribution in [0.5, 0.6) is 11.5 Å². The summed E-state index contributed by atoms with van der Waals surface area (Å²) in [6.07, 6.45) is 1.77. The third-order valence-electron chi connectivity index (χ3n) is 8.77. The number of amides is 2. The molecule has 2 amide bonds. The highest BCUT2D eigenvalue weighted by Gasteiger charge is 2.28. The van der Waals surface area contributed by atoms with Gasteiger partial charge in [-0.2, -0.15) is 0 Å². The summed E-state index contributed by atoms with van der Waals surface area (Å²) >= 11 is 0. The maximum absolute atomic E-state index is 11.3. The summed E-state index contributed by atoms with van der Waals surface area (Å²) in [6, 6.07) is 14.2. The smallest absolute Gasteiger partial charge is 0.407 e.